The van der Waals surface area contributed by atoms with Gasteiger partial charge in [-0.1, -0.05) is 18.2 Å². The first-order chi connectivity index (χ1) is 8.72. The van der Waals surface area contributed by atoms with E-state index in [1.807, 2.05) is 24.3 Å². The van der Waals surface area contributed by atoms with E-state index in [0.717, 1.165) is 29.4 Å². The number of pyridine rings is 1. The number of hydrogen-bond acceptors (Lipinski definition) is 4. The number of para-hydroxylation sites is 1. The van der Waals surface area contributed by atoms with Gasteiger partial charge in [-0.3, -0.25) is 4.98 Å². The molecule has 4 heteroatoms. The fourth-order valence-electron chi connectivity index (χ4n) is 2.23. The fourth-order valence-corrected chi connectivity index (χ4v) is 2.23. The zero-order valence-electron chi connectivity index (χ0n) is 10.1. The molecular weight excluding hydrogens is 228 g/mol. The van der Waals surface area contributed by atoms with E-state index in [4.69, 9.17) is 10.5 Å². The Labute approximate surface area is 105 Å². The second kappa shape index (κ2) is 3.98. The molecule has 1 aliphatic rings. The van der Waals surface area contributed by atoms with Gasteiger partial charge in [0.15, 0.2) is 0 Å². The van der Waals surface area contributed by atoms with Crippen LogP contribution in [0.4, 0.5) is 5.69 Å². The SMILES string of the molecule is COC(=O)c1c(C2CC2)nc2ccccc2c1N. The van der Waals surface area contributed by atoms with Crippen molar-refractivity contribution in [3.05, 3.63) is 35.5 Å². The van der Waals surface area contributed by atoms with Crippen LogP contribution in [0.3, 0.4) is 0 Å². The highest BCUT2D eigenvalue weighted by Crippen LogP contribution is 2.43. The number of methoxy groups -OCH3 is 1. The average molecular weight is 242 g/mol. The molecule has 1 heterocycles. The number of benzene rings is 1. The Hall–Kier alpha value is -2.10. The summed E-state index contributed by atoms with van der Waals surface area (Å²) in [5, 5.41) is 0.808. The molecular formula is C14H14N2O2. The zero-order valence-corrected chi connectivity index (χ0v) is 10.1. The molecule has 1 aromatic heterocycles. The van der Waals surface area contributed by atoms with Gasteiger partial charge in [0.2, 0.25) is 0 Å². The quantitative estimate of drug-likeness (QED) is 0.821. The third-order valence-corrected chi connectivity index (χ3v) is 3.31. The van der Waals surface area contributed by atoms with E-state index in [9.17, 15) is 4.79 Å². The molecule has 1 saturated carbocycles. The van der Waals surface area contributed by atoms with Crippen molar-refractivity contribution in [3.8, 4) is 0 Å². The average Bonchev–Trinajstić information content (AvgIpc) is 3.22. The van der Waals surface area contributed by atoms with Gasteiger partial charge < -0.3 is 10.5 Å². The summed E-state index contributed by atoms with van der Waals surface area (Å²) in [6, 6.07) is 7.60. The Morgan fingerprint density at radius 3 is 2.78 bits per heavy atom. The lowest BCUT2D eigenvalue weighted by Crippen LogP contribution is -2.11. The summed E-state index contributed by atoms with van der Waals surface area (Å²) in [7, 11) is 1.37. The van der Waals surface area contributed by atoms with Crippen LogP contribution in [0.5, 0.6) is 0 Å². The lowest BCUT2D eigenvalue weighted by Gasteiger charge is -2.12. The van der Waals surface area contributed by atoms with Crippen molar-refractivity contribution in [1.29, 1.82) is 0 Å². The van der Waals surface area contributed by atoms with E-state index in [1.54, 1.807) is 0 Å². The predicted octanol–water partition coefficient (Wildman–Crippen LogP) is 2.48. The van der Waals surface area contributed by atoms with Gasteiger partial charge in [-0.05, 0) is 18.9 Å². The maximum absolute atomic E-state index is 11.9. The highest BCUT2D eigenvalue weighted by molar-refractivity contribution is 6.05. The molecule has 0 bridgehead atoms. The van der Waals surface area contributed by atoms with Gasteiger partial charge in [-0.15, -0.1) is 0 Å². The third kappa shape index (κ3) is 1.61. The minimum Gasteiger partial charge on any atom is -0.465 e. The first-order valence-electron chi connectivity index (χ1n) is 5.98. The molecule has 4 nitrogen and oxygen atoms in total. The number of esters is 1. The first kappa shape index (κ1) is 11.0. The van der Waals surface area contributed by atoms with Crippen molar-refractivity contribution < 1.29 is 9.53 Å². The van der Waals surface area contributed by atoms with Crippen LogP contribution < -0.4 is 5.73 Å². The molecule has 3 rings (SSSR count). The Balaban J connectivity index is 2.32. The standard InChI is InChI=1S/C14H14N2O2/c1-18-14(17)11-12(15)9-4-2-3-5-10(9)16-13(11)8-6-7-8/h2-5,8H,6-7H2,1H3,(H2,15,16). The second-order valence-electron chi connectivity index (χ2n) is 4.57. The monoisotopic (exact) mass is 242 g/mol. The largest absolute Gasteiger partial charge is 0.465 e. The highest BCUT2D eigenvalue weighted by atomic mass is 16.5. The van der Waals surface area contributed by atoms with Crippen LogP contribution in [-0.4, -0.2) is 18.1 Å². The van der Waals surface area contributed by atoms with Crippen molar-refractivity contribution in [2.24, 2.45) is 0 Å². The van der Waals surface area contributed by atoms with Gasteiger partial charge in [-0.2, -0.15) is 0 Å². The zero-order chi connectivity index (χ0) is 12.7. The molecule has 0 radical (unpaired) electrons. The number of nitrogen functional groups attached to an aromatic ring is 1. The summed E-state index contributed by atoms with van der Waals surface area (Å²) < 4.78 is 4.83. The maximum Gasteiger partial charge on any atom is 0.341 e. The summed E-state index contributed by atoms with van der Waals surface area (Å²) in [5.74, 6) is -0.0429. The van der Waals surface area contributed by atoms with Crippen LogP contribution in [0.25, 0.3) is 10.9 Å². The summed E-state index contributed by atoms with van der Waals surface area (Å²) in [4.78, 5) is 16.5. The van der Waals surface area contributed by atoms with E-state index in [0.29, 0.717) is 17.2 Å². The Morgan fingerprint density at radius 1 is 1.39 bits per heavy atom. The summed E-state index contributed by atoms with van der Waals surface area (Å²) in [6.07, 6.45) is 2.13. The van der Waals surface area contributed by atoms with Gasteiger partial charge in [-0.25, -0.2) is 4.79 Å². The number of carbonyl (C=O) groups excluding carboxylic acids is 1. The first-order valence-corrected chi connectivity index (χ1v) is 5.98. The lowest BCUT2D eigenvalue weighted by atomic mass is 10.0. The van der Waals surface area contributed by atoms with Crippen LogP contribution in [0.2, 0.25) is 0 Å². The molecule has 2 aromatic rings. The predicted molar refractivity (Wildman–Crippen MR) is 69.5 cm³/mol. The number of nitrogens with zero attached hydrogens (tertiary/aromatic N) is 1. The number of ether oxygens (including phenoxy) is 1. The maximum atomic E-state index is 11.9. The summed E-state index contributed by atoms with van der Waals surface area (Å²) in [5.41, 5.74) is 8.67. The molecule has 2 N–H and O–H groups in total. The van der Waals surface area contributed by atoms with Gasteiger partial charge >= 0.3 is 5.97 Å². The molecule has 0 spiro atoms. The van der Waals surface area contributed by atoms with Crippen molar-refractivity contribution in [2.75, 3.05) is 12.8 Å². The lowest BCUT2D eigenvalue weighted by molar-refractivity contribution is 0.0600. The van der Waals surface area contributed by atoms with Gasteiger partial charge in [0.05, 0.1) is 24.0 Å². The Bertz CT molecular complexity index is 633. The second-order valence-corrected chi connectivity index (χ2v) is 4.57. The molecule has 0 saturated heterocycles. The Kier molecular flexibility index (Phi) is 2.44. The van der Waals surface area contributed by atoms with Crippen molar-refractivity contribution in [2.45, 2.75) is 18.8 Å². The smallest absolute Gasteiger partial charge is 0.341 e. The van der Waals surface area contributed by atoms with E-state index in [1.165, 1.54) is 7.11 Å². The Morgan fingerprint density at radius 2 is 2.11 bits per heavy atom. The molecule has 0 amide bonds. The number of carbonyl (C=O) groups is 1. The van der Waals surface area contributed by atoms with Crippen LogP contribution >= 0.6 is 0 Å². The minimum atomic E-state index is -0.396. The number of nitrogens with two attached hydrogens (primary N) is 1. The van der Waals surface area contributed by atoms with E-state index < -0.39 is 5.97 Å². The van der Waals surface area contributed by atoms with Crippen molar-refractivity contribution in [1.82, 2.24) is 4.98 Å². The normalized spacial score (nSPS) is 14.7. The number of aromatic nitrogens is 1. The van der Waals surface area contributed by atoms with Crippen molar-refractivity contribution in [3.63, 3.8) is 0 Å². The topological polar surface area (TPSA) is 65.2 Å². The van der Waals surface area contributed by atoms with Gasteiger partial charge in [0, 0.05) is 11.3 Å². The van der Waals surface area contributed by atoms with Gasteiger partial charge in [0.25, 0.3) is 0 Å². The van der Waals surface area contributed by atoms with Crippen LogP contribution in [0.15, 0.2) is 24.3 Å². The highest BCUT2D eigenvalue weighted by Gasteiger charge is 2.32. The molecule has 92 valence electrons. The van der Waals surface area contributed by atoms with Crippen LogP contribution in [-0.2, 0) is 4.74 Å². The molecule has 1 fully saturated rings. The van der Waals surface area contributed by atoms with Crippen LogP contribution in [0, 0.1) is 0 Å². The number of hydrogen-bond donors (Lipinski definition) is 1. The molecule has 1 aliphatic carbocycles. The molecule has 0 atom stereocenters. The minimum absolute atomic E-state index is 0.353. The third-order valence-electron chi connectivity index (χ3n) is 3.31. The number of rotatable bonds is 2. The van der Waals surface area contributed by atoms with Crippen LogP contribution in [0.1, 0.15) is 34.8 Å². The van der Waals surface area contributed by atoms with Gasteiger partial charge in [0.1, 0.15) is 5.56 Å². The number of anilines is 1. The molecule has 0 unspecified atom stereocenters. The molecule has 1 aromatic carbocycles. The van der Waals surface area contributed by atoms with Crippen molar-refractivity contribution >= 4 is 22.6 Å². The van der Waals surface area contributed by atoms with E-state index in [-0.39, 0.29) is 0 Å². The summed E-state index contributed by atoms with van der Waals surface area (Å²) >= 11 is 0. The molecule has 18 heavy (non-hydrogen) atoms. The van der Waals surface area contributed by atoms with E-state index >= 15 is 0 Å². The van der Waals surface area contributed by atoms with E-state index in [2.05, 4.69) is 4.98 Å². The fraction of sp³-hybridized carbons (Fsp3) is 0.286. The summed E-state index contributed by atoms with van der Waals surface area (Å²) in [6.45, 7) is 0. The molecule has 0 aliphatic heterocycles. The number of fused-ring (bicyclic) bond motifs is 1.